The molecule has 0 atom stereocenters. The molecule has 0 unspecified atom stereocenters. The first-order valence-corrected chi connectivity index (χ1v) is 14.7. The summed E-state index contributed by atoms with van der Waals surface area (Å²) in [5.74, 6) is -0.700. The number of benzene rings is 3. The van der Waals surface area contributed by atoms with Crippen LogP contribution in [0.5, 0.6) is 0 Å². The van der Waals surface area contributed by atoms with Gasteiger partial charge in [0.05, 0.1) is 21.2 Å². The first-order valence-electron chi connectivity index (χ1n) is 9.58. The summed E-state index contributed by atoms with van der Waals surface area (Å²) in [6.07, 6.45) is 1.08. The van der Waals surface area contributed by atoms with Crippen molar-refractivity contribution in [2.75, 3.05) is 6.26 Å². The molecule has 4 rings (SSSR count). The SMILES string of the molecule is CS(=O)(=O)c1ccccc1-c1nc(S(=O)(=O)Cc2ccc(Br)cc2)sc1-c1ccc(F)cc1. The summed E-state index contributed by atoms with van der Waals surface area (Å²) < 4.78 is 65.4. The van der Waals surface area contributed by atoms with E-state index < -0.39 is 25.5 Å². The minimum atomic E-state index is -3.83. The van der Waals surface area contributed by atoms with Crippen LogP contribution in [0.15, 0.2) is 86.5 Å². The van der Waals surface area contributed by atoms with Gasteiger partial charge in [0.2, 0.25) is 14.2 Å². The van der Waals surface area contributed by atoms with E-state index in [1.54, 1.807) is 42.5 Å². The van der Waals surface area contributed by atoms with Crippen molar-refractivity contribution in [1.29, 1.82) is 0 Å². The van der Waals surface area contributed by atoms with Crippen LogP contribution in [-0.2, 0) is 25.4 Å². The van der Waals surface area contributed by atoms with E-state index in [0.717, 1.165) is 22.1 Å². The smallest absolute Gasteiger partial charge is 0.210 e. The first-order chi connectivity index (χ1) is 15.5. The molecule has 0 fully saturated rings. The number of rotatable bonds is 6. The zero-order valence-electron chi connectivity index (χ0n) is 17.2. The van der Waals surface area contributed by atoms with Crippen LogP contribution in [0.2, 0.25) is 0 Å². The summed E-state index contributed by atoms with van der Waals surface area (Å²) in [5.41, 5.74) is 1.65. The second-order valence-corrected chi connectivity index (χ2v) is 13.4. The zero-order chi connectivity index (χ0) is 23.8. The summed E-state index contributed by atoms with van der Waals surface area (Å²) in [4.78, 5) is 4.88. The molecule has 0 saturated carbocycles. The summed E-state index contributed by atoms with van der Waals surface area (Å²) in [6, 6.07) is 18.8. The van der Waals surface area contributed by atoms with E-state index in [9.17, 15) is 21.2 Å². The Kier molecular flexibility index (Phi) is 6.54. The molecular formula is C23H17BrFNO4S3. The number of nitrogens with zero attached hydrogens (tertiary/aromatic N) is 1. The van der Waals surface area contributed by atoms with Gasteiger partial charge in [-0.25, -0.2) is 26.2 Å². The molecule has 170 valence electrons. The van der Waals surface area contributed by atoms with Gasteiger partial charge < -0.3 is 0 Å². The van der Waals surface area contributed by atoms with E-state index in [4.69, 9.17) is 0 Å². The molecule has 0 aliphatic carbocycles. The highest BCUT2D eigenvalue weighted by atomic mass is 79.9. The van der Waals surface area contributed by atoms with Crippen LogP contribution in [0.4, 0.5) is 4.39 Å². The average Bonchev–Trinajstić information content (AvgIpc) is 3.22. The van der Waals surface area contributed by atoms with Gasteiger partial charge in [-0.1, -0.05) is 58.4 Å². The summed E-state index contributed by atoms with van der Waals surface area (Å²) in [7, 11) is -7.45. The molecule has 4 aromatic rings. The summed E-state index contributed by atoms with van der Waals surface area (Å²) in [6.45, 7) is 0. The molecule has 1 heterocycles. The van der Waals surface area contributed by atoms with Crippen LogP contribution in [0.1, 0.15) is 5.56 Å². The van der Waals surface area contributed by atoms with E-state index in [-0.39, 0.29) is 20.7 Å². The Labute approximate surface area is 203 Å². The predicted octanol–water partition coefficient (Wildman–Crippen LogP) is 5.76. The van der Waals surface area contributed by atoms with Gasteiger partial charge >= 0.3 is 0 Å². The third-order valence-corrected chi connectivity index (χ3v) is 9.72. The maximum absolute atomic E-state index is 13.5. The highest BCUT2D eigenvalue weighted by Gasteiger charge is 2.27. The number of hydrogen-bond donors (Lipinski definition) is 0. The molecule has 10 heteroatoms. The van der Waals surface area contributed by atoms with Crippen LogP contribution < -0.4 is 0 Å². The fraction of sp³-hybridized carbons (Fsp3) is 0.0870. The van der Waals surface area contributed by atoms with Gasteiger partial charge in [-0.05, 0) is 41.5 Å². The standard InChI is InChI=1S/C23H17BrFNO4S3/c1-32(27,28)20-5-3-2-4-19(20)21-22(16-8-12-18(25)13-9-16)31-23(26-21)33(29,30)14-15-6-10-17(24)11-7-15/h2-13H,14H2,1H3. The fourth-order valence-electron chi connectivity index (χ4n) is 3.26. The average molecular weight is 566 g/mol. The van der Waals surface area contributed by atoms with Crippen LogP contribution >= 0.6 is 27.3 Å². The molecule has 0 N–H and O–H groups in total. The van der Waals surface area contributed by atoms with E-state index in [0.29, 0.717) is 21.6 Å². The lowest BCUT2D eigenvalue weighted by Gasteiger charge is -2.08. The topological polar surface area (TPSA) is 81.2 Å². The number of halogens is 2. The highest BCUT2D eigenvalue weighted by Crippen LogP contribution is 2.41. The third-order valence-electron chi connectivity index (χ3n) is 4.79. The predicted molar refractivity (Wildman–Crippen MR) is 131 cm³/mol. The first kappa shape index (κ1) is 23.7. The molecule has 5 nitrogen and oxygen atoms in total. The van der Waals surface area contributed by atoms with Crippen molar-refractivity contribution in [2.45, 2.75) is 15.0 Å². The quantitative estimate of drug-likeness (QED) is 0.297. The van der Waals surface area contributed by atoms with Crippen molar-refractivity contribution < 1.29 is 21.2 Å². The van der Waals surface area contributed by atoms with E-state index in [2.05, 4.69) is 20.9 Å². The van der Waals surface area contributed by atoms with Crippen molar-refractivity contribution in [3.8, 4) is 21.7 Å². The molecule has 0 aliphatic heterocycles. The van der Waals surface area contributed by atoms with Crippen LogP contribution in [0.25, 0.3) is 21.7 Å². The molecular weight excluding hydrogens is 549 g/mol. The molecule has 1 aromatic heterocycles. The Morgan fingerprint density at radius 1 is 0.909 bits per heavy atom. The van der Waals surface area contributed by atoms with E-state index in [1.807, 2.05) is 0 Å². The Hall–Kier alpha value is -2.40. The highest BCUT2D eigenvalue weighted by molar-refractivity contribution is 9.10. The molecule has 0 bridgehead atoms. The van der Waals surface area contributed by atoms with Crippen molar-refractivity contribution >= 4 is 46.9 Å². The van der Waals surface area contributed by atoms with Crippen molar-refractivity contribution in [1.82, 2.24) is 4.98 Å². The van der Waals surface area contributed by atoms with Crippen molar-refractivity contribution in [2.24, 2.45) is 0 Å². The third kappa shape index (κ3) is 5.24. The number of sulfone groups is 2. The monoisotopic (exact) mass is 565 g/mol. The minimum absolute atomic E-state index is 0.0375. The zero-order valence-corrected chi connectivity index (χ0v) is 21.2. The molecule has 0 spiro atoms. The van der Waals surface area contributed by atoms with Crippen molar-refractivity contribution in [3.05, 3.63) is 88.6 Å². The van der Waals surface area contributed by atoms with Crippen molar-refractivity contribution in [3.63, 3.8) is 0 Å². The lowest BCUT2D eigenvalue weighted by Crippen LogP contribution is -2.05. The molecule has 0 amide bonds. The summed E-state index contributed by atoms with van der Waals surface area (Å²) in [5, 5.41) is 0. The lowest BCUT2D eigenvalue weighted by atomic mass is 10.1. The number of aromatic nitrogens is 1. The molecule has 0 aliphatic rings. The van der Waals surface area contributed by atoms with Gasteiger partial charge in [-0.15, -0.1) is 11.3 Å². The second-order valence-electron chi connectivity index (χ2n) is 7.32. The normalized spacial score (nSPS) is 12.1. The molecule has 0 radical (unpaired) electrons. The lowest BCUT2D eigenvalue weighted by molar-refractivity contribution is 0.594. The number of hydrogen-bond acceptors (Lipinski definition) is 6. The minimum Gasteiger partial charge on any atom is -0.224 e. The van der Waals surface area contributed by atoms with E-state index in [1.165, 1.54) is 30.3 Å². The van der Waals surface area contributed by atoms with Gasteiger partial charge in [0.15, 0.2) is 9.84 Å². The van der Waals surface area contributed by atoms with Crippen LogP contribution in [0.3, 0.4) is 0 Å². The van der Waals surface area contributed by atoms with Crippen LogP contribution in [-0.4, -0.2) is 28.1 Å². The Bertz CT molecular complexity index is 1530. The Balaban J connectivity index is 1.90. The molecule has 3 aromatic carbocycles. The van der Waals surface area contributed by atoms with Gasteiger partial charge in [0.1, 0.15) is 5.82 Å². The Morgan fingerprint density at radius 3 is 2.18 bits per heavy atom. The number of thiazole rings is 1. The fourth-order valence-corrected chi connectivity index (χ4v) is 7.15. The Morgan fingerprint density at radius 2 is 1.55 bits per heavy atom. The second kappa shape index (κ2) is 9.09. The van der Waals surface area contributed by atoms with Crippen LogP contribution in [0, 0.1) is 5.82 Å². The van der Waals surface area contributed by atoms with Gasteiger partial charge in [-0.3, -0.25) is 0 Å². The largest absolute Gasteiger partial charge is 0.224 e. The van der Waals surface area contributed by atoms with Gasteiger partial charge in [0.25, 0.3) is 0 Å². The summed E-state index contributed by atoms with van der Waals surface area (Å²) >= 11 is 4.26. The van der Waals surface area contributed by atoms with E-state index >= 15 is 0 Å². The maximum Gasteiger partial charge on any atom is 0.210 e. The molecule has 33 heavy (non-hydrogen) atoms. The maximum atomic E-state index is 13.5. The van der Waals surface area contributed by atoms with Gasteiger partial charge in [0, 0.05) is 16.3 Å². The molecule has 0 saturated heterocycles. The van der Waals surface area contributed by atoms with Gasteiger partial charge in [-0.2, -0.15) is 0 Å².